The lowest BCUT2D eigenvalue weighted by Crippen LogP contribution is -2.43. The van der Waals surface area contributed by atoms with Crippen LogP contribution in [0.25, 0.3) is 27.9 Å². The smallest absolute Gasteiger partial charge is 0.307 e. The van der Waals surface area contributed by atoms with Gasteiger partial charge in [-0.15, -0.1) is 0 Å². The lowest BCUT2D eigenvalue weighted by molar-refractivity contribution is -0.136. The Kier molecular flexibility index (Phi) is 7.81. The number of piperidine rings is 1. The van der Waals surface area contributed by atoms with E-state index in [1.807, 2.05) is 50.4 Å². The molecule has 1 aliphatic rings. The van der Waals surface area contributed by atoms with Crippen LogP contribution in [0, 0.1) is 12.7 Å². The summed E-state index contributed by atoms with van der Waals surface area (Å²) in [5.41, 5.74) is 5.13. The summed E-state index contributed by atoms with van der Waals surface area (Å²) in [5.74, 6) is -0.733. The predicted octanol–water partition coefficient (Wildman–Crippen LogP) is 6.27. The Labute approximate surface area is 233 Å². The second-order valence-electron chi connectivity index (χ2n) is 10.9. The molecule has 2 aromatic carbocycles. The molecule has 2 N–H and O–H groups in total. The van der Waals surface area contributed by atoms with Crippen molar-refractivity contribution in [1.82, 2.24) is 9.61 Å². The fourth-order valence-electron chi connectivity index (χ4n) is 5.42. The number of fused-ring (bicyclic) bond motifs is 1. The molecule has 3 heterocycles. The fraction of sp³-hybridized carbons (Fsp3) is 0.375. The molecule has 0 unspecified atom stereocenters. The zero-order chi connectivity index (χ0) is 28.4. The molecule has 0 atom stereocenters. The Balaban J connectivity index is 1.59. The number of carbonyl (C=O) groups is 1. The number of benzene rings is 2. The number of aliphatic hydroxyl groups is 1. The van der Waals surface area contributed by atoms with E-state index in [2.05, 4.69) is 11.8 Å². The molecule has 0 amide bonds. The SMILES string of the molecule is CCCCOc1cccc(F)c1-c1cccc(-c2cc3c(N4CCC(C)(O)CC4)c(CC(=O)O)c(C)cn3n2)c1. The minimum atomic E-state index is -0.896. The second kappa shape index (κ2) is 11.3. The molecule has 8 heteroatoms. The molecule has 0 radical (unpaired) electrons. The third-order valence-electron chi connectivity index (χ3n) is 7.72. The Hall–Kier alpha value is -3.91. The van der Waals surface area contributed by atoms with Gasteiger partial charge in [0.1, 0.15) is 11.6 Å². The van der Waals surface area contributed by atoms with Crippen LogP contribution in [-0.4, -0.2) is 51.1 Å². The molecular formula is C32H36FN3O4. The standard InChI is InChI=1S/C32H36FN3O4/c1-4-5-16-40-28-11-7-10-25(33)30(28)23-9-6-8-22(17-23)26-19-27-31(35-14-12-32(3,39)13-15-35)24(18-29(37)38)21(2)20-36(27)34-26/h6-11,17,19-20,39H,4-5,12-16,18H2,1-3H3,(H,37,38). The molecule has 5 rings (SSSR count). The quantitative estimate of drug-likeness (QED) is 0.241. The maximum Gasteiger partial charge on any atom is 0.307 e. The Morgan fingerprint density at radius 1 is 1.12 bits per heavy atom. The van der Waals surface area contributed by atoms with Crippen molar-refractivity contribution in [3.8, 4) is 28.1 Å². The minimum Gasteiger partial charge on any atom is -0.493 e. The van der Waals surface area contributed by atoms with Crippen LogP contribution >= 0.6 is 0 Å². The molecule has 1 saturated heterocycles. The zero-order valence-electron chi connectivity index (χ0n) is 23.3. The number of hydrogen-bond donors (Lipinski definition) is 2. The average Bonchev–Trinajstić information content (AvgIpc) is 3.33. The van der Waals surface area contributed by atoms with E-state index in [-0.39, 0.29) is 12.2 Å². The van der Waals surface area contributed by atoms with Crippen molar-refractivity contribution in [2.75, 3.05) is 24.6 Å². The molecule has 1 fully saturated rings. The van der Waals surface area contributed by atoms with E-state index in [0.717, 1.165) is 40.7 Å². The number of aryl methyl sites for hydroxylation is 1. The molecule has 210 valence electrons. The fourth-order valence-corrected chi connectivity index (χ4v) is 5.42. The first-order chi connectivity index (χ1) is 19.2. The highest BCUT2D eigenvalue weighted by molar-refractivity contribution is 5.86. The number of unbranched alkanes of at least 4 members (excludes halogenated alkanes) is 1. The van der Waals surface area contributed by atoms with Crippen LogP contribution in [0.4, 0.5) is 10.1 Å². The molecule has 1 aliphatic heterocycles. The van der Waals surface area contributed by atoms with Crippen LogP contribution in [0.1, 0.15) is 50.7 Å². The zero-order valence-corrected chi connectivity index (χ0v) is 23.3. The summed E-state index contributed by atoms with van der Waals surface area (Å²) in [4.78, 5) is 14.0. The van der Waals surface area contributed by atoms with Gasteiger partial charge in [-0.25, -0.2) is 8.91 Å². The van der Waals surface area contributed by atoms with Gasteiger partial charge in [0.25, 0.3) is 0 Å². The Morgan fingerprint density at radius 3 is 2.58 bits per heavy atom. The van der Waals surface area contributed by atoms with Crippen molar-refractivity contribution in [3.05, 3.63) is 71.7 Å². The average molecular weight is 546 g/mol. The van der Waals surface area contributed by atoms with Crippen LogP contribution in [0.3, 0.4) is 0 Å². The first-order valence-corrected chi connectivity index (χ1v) is 13.9. The number of anilines is 1. The van der Waals surface area contributed by atoms with E-state index in [1.54, 1.807) is 16.6 Å². The molecule has 40 heavy (non-hydrogen) atoms. The van der Waals surface area contributed by atoms with Gasteiger partial charge in [-0.2, -0.15) is 5.10 Å². The molecule has 2 aromatic heterocycles. The molecule has 4 aromatic rings. The van der Waals surface area contributed by atoms with Gasteiger partial charge in [0.05, 0.1) is 41.1 Å². The van der Waals surface area contributed by atoms with Crippen LogP contribution in [0.15, 0.2) is 54.7 Å². The van der Waals surface area contributed by atoms with Gasteiger partial charge in [0.2, 0.25) is 0 Å². The largest absolute Gasteiger partial charge is 0.493 e. The van der Waals surface area contributed by atoms with Crippen molar-refractivity contribution < 1.29 is 24.1 Å². The minimum absolute atomic E-state index is 0.103. The second-order valence-corrected chi connectivity index (χ2v) is 10.9. The van der Waals surface area contributed by atoms with Crippen molar-refractivity contribution >= 4 is 17.2 Å². The summed E-state index contributed by atoms with van der Waals surface area (Å²) >= 11 is 0. The van der Waals surface area contributed by atoms with Crippen LogP contribution in [-0.2, 0) is 11.2 Å². The van der Waals surface area contributed by atoms with E-state index >= 15 is 4.39 Å². The number of hydrogen-bond acceptors (Lipinski definition) is 5. The van der Waals surface area contributed by atoms with Gasteiger partial charge in [-0.3, -0.25) is 4.79 Å². The summed E-state index contributed by atoms with van der Waals surface area (Å²) in [7, 11) is 0. The number of carboxylic acids is 1. The maximum atomic E-state index is 15.1. The number of nitrogens with zero attached hydrogens (tertiary/aromatic N) is 3. The van der Waals surface area contributed by atoms with Crippen LogP contribution in [0.2, 0.25) is 0 Å². The van der Waals surface area contributed by atoms with Crippen LogP contribution < -0.4 is 9.64 Å². The highest BCUT2D eigenvalue weighted by atomic mass is 19.1. The number of aliphatic carboxylic acids is 1. The third kappa shape index (κ3) is 5.68. The number of carboxylic acid groups (broad SMARTS) is 1. The van der Waals surface area contributed by atoms with Crippen molar-refractivity contribution in [2.24, 2.45) is 0 Å². The number of ether oxygens (including phenoxy) is 1. The van der Waals surface area contributed by atoms with E-state index in [0.29, 0.717) is 55.1 Å². The summed E-state index contributed by atoms with van der Waals surface area (Å²) in [6.45, 7) is 7.58. The summed E-state index contributed by atoms with van der Waals surface area (Å²) in [5, 5.41) is 25.1. The van der Waals surface area contributed by atoms with E-state index in [9.17, 15) is 15.0 Å². The van der Waals surface area contributed by atoms with E-state index < -0.39 is 11.6 Å². The predicted molar refractivity (Wildman–Crippen MR) is 155 cm³/mol. The van der Waals surface area contributed by atoms with Gasteiger partial charge >= 0.3 is 5.97 Å². The van der Waals surface area contributed by atoms with Crippen molar-refractivity contribution in [2.45, 2.75) is 58.5 Å². The Morgan fingerprint density at radius 2 is 1.85 bits per heavy atom. The van der Waals surface area contributed by atoms with Gasteiger partial charge in [0, 0.05) is 24.8 Å². The third-order valence-corrected chi connectivity index (χ3v) is 7.72. The number of rotatable bonds is 9. The number of pyridine rings is 1. The Bertz CT molecular complexity index is 1530. The first kappa shape index (κ1) is 27.6. The summed E-state index contributed by atoms with van der Waals surface area (Å²) in [6, 6.07) is 14.4. The van der Waals surface area contributed by atoms with E-state index in [1.165, 1.54) is 6.07 Å². The lowest BCUT2D eigenvalue weighted by atomic mass is 9.92. The topological polar surface area (TPSA) is 87.3 Å². The van der Waals surface area contributed by atoms with Crippen LogP contribution in [0.5, 0.6) is 5.75 Å². The molecule has 7 nitrogen and oxygen atoms in total. The van der Waals surface area contributed by atoms with Gasteiger partial charge < -0.3 is 19.8 Å². The summed E-state index contributed by atoms with van der Waals surface area (Å²) < 4.78 is 22.8. The molecular weight excluding hydrogens is 509 g/mol. The van der Waals surface area contributed by atoms with Crippen molar-refractivity contribution in [1.29, 1.82) is 0 Å². The number of halogens is 1. The normalized spacial score (nSPS) is 15.0. The van der Waals surface area contributed by atoms with E-state index in [4.69, 9.17) is 9.84 Å². The molecule has 0 saturated carbocycles. The van der Waals surface area contributed by atoms with Gasteiger partial charge in [0.15, 0.2) is 0 Å². The first-order valence-electron chi connectivity index (χ1n) is 13.9. The van der Waals surface area contributed by atoms with Gasteiger partial charge in [-0.1, -0.05) is 37.6 Å². The maximum absolute atomic E-state index is 15.1. The highest BCUT2D eigenvalue weighted by Gasteiger charge is 2.30. The molecule has 0 bridgehead atoms. The highest BCUT2D eigenvalue weighted by Crippen LogP contribution is 2.38. The monoisotopic (exact) mass is 545 g/mol. The molecule has 0 aliphatic carbocycles. The van der Waals surface area contributed by atoms with Gasteiger partial charge in [-0.05, 0) is 74.1 Å². The summed E-state index contributed by atoms with van der Waals surface area (Å²) in [6.07, 6.45) is 4.81. The van der Waals surface area contributed by atoms with Crippen molar-refractivity contribution in [3.63, 3.8) is 0 Å². The molecule has 0 spiro atoms. The lowest BCUT2D eigenvalue weighted by Gasteiger charge is -2.38. The number of aromatic nitrogens is 2.